The zero-order valence-corrected chi connectivity index (χ0v) is 9.75. The molecule has 0 bridgehead atoms. The highest BCUT2D eigenvalue weighted by molar-refractivity contribution is 5.69. The summed E-state index contributed by atoms with van der Waals surface area (Å²) in [5.41, 5.74) is 0. The molecule has 0 atom stereocenters. The van der Waals surface area contributed by atoms with Crippen molar-refractivity contribution in [3.63, 3.8) is 0 Å². The van der Waals surface area contributed by atoms with Crippen molar-refractivity contribution in [1.29, 1.82) is 0 Å². The molecule has 0 saturated heterocycles. The second-order valence-corrected chi connectivity index (χ2v) is 4.18. The Morgan fingerprint density at radius 2 is 1.86 bits per heavy atom. The van der Waals surface area contributed by atoms with Crippen LogP contribution in [0.3, 0.4) is 0 Å². The fraction of sp³-hybridized carbons (Fsp3) is 0.750. The van der Waals surface area contributed by atoms with Crippen LogP contribution in [0.15, 0.2) is 12.2 Å². The van der Waals surface area contributed by atoms with Gasteiger partial charge in [0.15, 0.2) is 0 Å². The van der Waals surface area contributed by atoms with Crippen molar-refractivity contribution in [1.82, 2.24) is 0 Å². The molecule has 0 amide bonds. The minimum absolute atomic E-state index is 0.00198. The zero-order valence-electron chi connectivity index (χ0n) is 9.75. The van der Waals surface area contributed by atoms with Crippen molar-refractivity contribution in [3.8, 4) is 0 Å². The number of esters is 1. The third-order valence-corrected chi connectivity index (χ3v) is 1.66. The first-order chi connectivity index (χ1) is 6.52. The Balaban J connectivity index is 3.44. The molecule has 0 aliphatic rings. The Morgan fingerprint density at radius 1 is 1.21 bits per heavy atom. The van der Waals surface area contributed by atoms with Crippen molar-refractivity contribution in [3.05, 3.63) is 12.2 Å². The molecule has 0 aliphatic carbocycles. The third kappa shape index (κ3) is 9.30. The first-order valence-corrected chi connectivity index (χ1v) is 5.36. The predicted octanol–water partition coefficient (Wildman–Crippen LogP) is 3.32. The van der Waals surface area contributed by atoms with Gasteiger partial charge in [0.2, 0.25) is 0 Å². The van der Waals surface area contributed by atoms with Crippen LogP contribution in [0.1, 0.15) is 47.0 Å². The SMILES string of the molecule is CC(C)C/C=C\CCC(=O)OC(C)C. The molecular weight excluding hydrogens is 176 g/mol. The van der Waals surface area contributed by atoms with Gasteiger partial charge in [0.05, 0.1) is 6.10 Å². The van der Waals surface area contributed by atoms with Gasteiger partial charge in [-0.3, -0.25) is 4.79 Å². The normalized spacial score (nSPS) is 11.6. The van der Waals surface area contributed by atoms with E-state index in [9.17, 15) is 4.79 Å². The summed E-state index contributed by atoms with van der Waals surface area (Å²) in [6, 6.07) is 0. The topological polar surface area (TPSA) is 26.3 Å². The Hall–Kier alpha value is -0.790. The molecular formula is C12H22O2. The number of carbonyl (C=O) groups is 1. The van der Waals surface area contributed by atoms with Crippen LogP contribution in [0.25, 0.3) is 0 Å². The lowest BCUT2D eigenvalue weighted by molar-refractivity contribution is -0.147. The standard InChI is InChI=1S/C12H22O2/c1-10(2)8-6-5-7-9-12(13)14-11(3)4/h5-6,10-11H,7-9H2,1-4H3/b6-5-. The number of hydrogen-bond donors (Lipinski definition) is 0. The van der Waals surface area contributed by atoms with Crippen LogP contribution in [0, 0.1) is 5.92 Å². The highest BCUT2D eigenvalue weighted by atomic mass is 16.5. The van der Waals surface area contributed by atoms with E-state index >= 15 is 0 Å². The summed E-state index contributed by atoms with van der Waals surface area (Å²) in [7, 11) is 0. The van der Waals surface area contributed by atoms with Crippen LogP contribution < -0.4 is 0 Å². The van der Waals surface area contributed by atoms with Crippen LogP contribution in [-0.2, 0) is 9.53 Å². The lowest BCUT2D eigenvalue weighted by Gasteiger charge is -2.06. The third-order valence-electron chi connectivity index (χ3n) is 1.66. The summed E-state index contributed by atoms with van der Waals surface area (Å²) in [5.74, 6) is 0.586. The minimum atomic E-state index is -0.103. The monoisotopic (exact) mass is 198 g/mol. The molecule has 0 fully saturated rings. The average molecular weight is 198 g/mol. The van der Waals surface area contributed by atoms with Crippen LogP contribution in [-0.4, -0.2) is 12.1 Å². The molecule has 0 aliphatic heterocycles. The largest absolute Gasteiger partial charge is 0.463 e. The van der Waals surface area contributed by atoms with Crippen LogP contribution in [0.4, 0.5) is 0 Å². The van der Waals surface area contributed by atoms with Gasteiger partial charge < -0.3 is 4.74 Å². The summed E-state index contributed by atoms with van der Waals surface area (Å²) in [6.07, 6.45) is 6.56. The van der Waals surface area contributed by atoms with Gasteiger partial charge in [-0.2, -0.15) is 0 Å². The number of hydrogen-bond acceptors (Lipinski definition) is 2. The van der Waals surface area contributed by atoms with E-state index in [1.54, 1.807) is 0 Å². The highest BCUT2D eigenvalue weighted by Crippen LogP contribution is 2.02. The smallest absolute Gasteiger partial charge is 0.306 e. The van der Waals surface area contributed by atoms with Gasteiger partial charge in [-0.15, -0.1) is 0 Å². The Labute approximate surface area is 87.3 Å². The van der Waals surface area contributed by atoms with Gasteiger partial charge in [-0.1, -0.05) is 26.0 Å². The van der Waals surface area contributed by atoms with Gasteiger partial charge in [-0.05, 0) is 32.6 Å². The molecule has 0 rings (SSSR count). The van der Waals surface area contributed by atoms with Crippen molar-refractivity contribution in [2.45, 2.75) is 53.1 Å². The Kier molecular flexibility index (Phi) is 7.17. The van der Waals surface area contributed by atoms with E-state index in [1.807, 2.05) is 13.8 Å². The van der Waals surface area contributed by atoms with E-state index in [4.69, 9.17) is 4.74 Å². The summed E-state index contributed by atoms with van der Waals surface area (Å²) in [6.45, 7) is 8.09. The van der Waals surface area contributed by atoms with Gasteiger partial charge in [0.1, 0.15) is 0 Å². The van der Waals surface area contributed by atoms with E-state index < -0.39 is 0 Å². The minimum Gasteiger partial charge on any atom is -0.463 e. The molecule has 0 saturated carbocycles. The molecule has 2 heteroatoms. The van der Waals surface area contributed by atoms with Crippen molar-refractivity contribution in [2.75, 3.05) is 0 Å². The van der Waals surface area contributed by atoms with Crippen LogP contribution in [0.2, 0.25) is 0 Å². The molecule has 0 heterocycles. The van der Waals surface area contributed by atoms with Gasteiger partial charge in [0, 0.05) is 6.42 Å². The van der Waals surface area contributed by atoms with E-state index in [1.165, 1.54) is 0 Å². The highest BCUT2D eigenvalue weighted by Gasteiger charge is 2.02. The molecule has 0 radical (unpaired) electrons. The molecule has 2 nitrogen and oxygen atoms in total. The van der Waals surface area contributed by atoms with Crippen molar-refractivity contribution in [2.24, 2.45) is 5.92 Å². The molecule has 0 spiro atoms. The van der Waals surface area contributed by atoms with Crippen molar-refractivity contribution >= 4 is 5.97 Å². The van der Waals surface area contributed by atoms with E-state index in [0.29, 0.717) is 12.3 Å². The Bertz CT molecular complexity index is 181. The first-order valence-electron chi connectivity index (χ1n) is 5.36. The van der Waals surface area contributed by atoms with Gasteiger partial charge in [0.25, 0.3) is 0 Å². The maximum Gasteiger partial charge on any atom is 0.306 e. The Morgan fingerprint density at radius 3 is 2.36 bits per heavy atom. The molecule has 0 aromatic rings. The molecule has 0 unspecified atom stereocenters. The summed E-state index contributed by atoms with van der Waals surface area (Å²) >= 11 is 0. The molecule has 0 N–H and O–H groups in total. The van der Waals surface area contributed by atoms with E-state index in [0.717, 1.165) is 12.8 Å². The van der Waals surface area contributed by atoms with Gasteiger partial charge in [-0.25, -0.2) is 0 Å². The molecule has 82 valence electrons. The lowest BCUT2D eigenvalue weighted by Crippen LogP contribution is -2.10. The zero-order chi connectivity index (χ0) is 11.0. The number of ether oxygens (including phenoxy) is 1. The average Bonchev–Trinajstić information content (AvgIpc) is 2.01. The quantitative estimate of drug-likeness (QED) is 0.483. The number of carbonyl (C=O) groups excluding carboxylic acids is 1. The fourth-order valence-corrected chi connectivity index (χ4v) is 1.01. The maximum absolute atomic E-state index is 11.1. The van der Waals surface area contributed by atoms with E-state index in [-0.39, 0.29) is 12.1 Å². The number of rotatable bonds is 6. The molecule has 0 aromatic heterocycles. The van der Waals surface area contributed by atoms with Crippen LogP contribution in [0.5, 0.6) is 0 Å². The van der Waals surface area contributed by atoms with Crippen LogP contribution >= 0.6 is 0 Å². The molecule has 0 aromatic carbocycles. The number of allylic oxidation sites excluding steroid dienone is 2. The predicted molar refractivity (Wildman–Crippen MR) is 59.1 cm³/mol. The summed E-state index contributed by atoms with van der Waals surface area (Å²) in [5, 5.41) is 0. The summed E-state index contributed by atoms with van der Waals surface area (Å²) < 4.78 is 5.01. The molecule has 14 heavy (non-hydrogen) atoms. The van der Waals surface area contributed by atoms with Crippen molar-refractivity contribution < 1.29 is 9.53 Å². The lowest BCUT2D eigenvalue weighted by atomic mass is 10.1. The maximum atomic E-state index is 11.1. The second-order valence-electron chi connectivity index (χ2n) is 4.18. The van der Waals surface area contributed by atoms with Gasteiger partial charge >= 0.3 is 5.97 Å². The van der Waals surface area contributed by atoms with E-state index in [2.05, 4.69) is 26.0 Å². The first kappa shape index (κ1) is 13.2. The second kappa shape index (κ2) is 7.60. The fourth-order valence-electron chi connectivity index (χ4n) is 1.01. The summed E-state index contributed by atoms with van der Waals surface area (Å²) in [4.78, 5) is 11.1.